The molecule has 0 aliphatic carbocycles. The van der Waals surface area contributed by atoms with Crippen molar-refractivity contribution in [1.29, 1.82) is 0 Å². The van der Waals surface area contributed by atoms with Crippen LogP contribution in [0.15, 0.2) is 200 Å². The summed E-state index contributed by atoms with van der Waals surface area (Å²) in [5.74, 6) is 1.95. The van der Waals surface area contributed by atoms with Gasteiger partial charge >= 0.3 is 0 Å². The van der Waals surface area contributed by atoms with E-state index in [4.69, 9.17) is 15.0 Å². The third-order valence-electron chi connectivity index (χ3n) is 11.0. The molecular weight excluding hydrogens is 711 g/mol. The predicted molar refractivity (Wildman–Crippen MR) is 240 cm³/mol. The van der Waals surface area contributed by atoms with Gasteiger partial charge in [-0.05, 0) is 73.1 Å². The fourth-order valence-electron chi connectivity index (χ4n) is 8.27. The number of fused-ring (bicyclic) bond motifs is 5. The zero-order chi connectivity index (χ0) is 37.7. The van der Waals surface area contributed by atoms with Crippen molar-refractivity contribution in [2.45, 2.75) is 0 Å². The Bertz CT molecular complexity index is 3300. The van der Waals surface area contributed by atoms with Crippen LogP contribution in [-0.4, -0.2) is 15.0 Å². The molecular formula is C53H33N3S. The second-order valence-electron chi connectivity index (χ2n) is 14.3. The molecule has 2 heterocycles. The van der Waals surface area contributed by atoms with Crippen LogP contribution in [0.2, 0.25) is 0 Å². The van der Waals surface area contributed by atoms with Gasteiger partial charge < -0.3 is 0 Å². The van der Waals surface area contributed by atoms with Crippen LogP contribution in [0.4, 0.5) is 0 Å². The summed E-state index contributed by atoms with van der Waals surface area (Å²) >= 11 is 1.79. The summed E-state index contributed by atoms with van der Waals surface area (Å²) in [5.41, 5.74) is 9.92. The third kappa shape index (κ3) is 5.78. The maximum absolute atomic E-state index is 5.42. The lowest BCUT2D eigenvalue weighted by Gasteiger charge is -2.18. The molecule has 266 valence electrons. The Labute approximate surface area is 334 Å². The number of benzene rings is 9. The fourth-order valence-corrected chi connectivity index (χ4v) is 9.48. The van der Waals surface area contributed by atoms with Crippen molar-refractivity contribution in [3.63, 3.8) is 0 Å². The minimum atomic E-state index is 0.645. The highest BCUT2D eigenvalue weighted by Crippen LogP contribution is 2.44. The van der Waals surface area contributed by atoms with Crippen molar-refractivity contribution >= 4 is 53.1 Å². The van der Waals surface area contributed by atoms with E-state index in [0.29, 0.717) is 17.5 Å². The molecule has 11 aromatic rings. The molecule has 0 aliphatic rings. The van der Waals surface area contributed by atoms with Gasteiger partial charge in [-0.2, -0.15) is 0 Å². The van der Waals surface area contributed by atoms with E-state index in [2.05, 4.69) is 182 Å². The minimum Gasteiger partial charge on any atom is -0.208 e. The Kier molecular flexibility index (Phi) is 8.01. The van der Waals surface area contributed by atoms with Crippen molar-refractivity contribution in [2.24, 2.45) is 0 Å². The van der Waals surface area contributed by atoms with E-state index in [0.717, 1.165) is 38.6 Å². The Morgan fingerprint density at radius 1 is 0.298 bits per heavy atom. The number of thiophene rings is 1. The lowest BCUT2D eigenvalue weighted by molar-refractivity contribution is 1.08. The molecule has 0 saturated heterocycles. The normalized spacial score (nSPS) is 11.5. The van der Waals surface area contributed by atoms with E-state index in [9.17, 15) is 0 Å². The standard InChI is InChI=1S/C53H33N3S/c1-3-15-34(16-4-1)37-20-13-21-38(33-37)39-31-32-43(42-24-10-9-23-41(39)42)45-30-29-35-17-7-8-22-40(35)49(45)53-55-51(36-18-5-2-6-19-36)54-52(56-53)47-27-14-26-46-44-25-11-12-28-48(44)57-50(46)47/h1-33H. The van der Waals surface area contributed by atoms with Gasteiger partial charge in [0.05, 0.1) is 0 Å². The Morgan fingerprint density at radius 3 is 1.68 bits per heavy atom. The molecule has 0 saturated carbocycles. The average Bonchev–Trinajstić information content (AvgIpc) is 3.68. The molecule has 0 unspecified atom stereocenters. The van der Waals surface area contributed by atoms with Crippen LogP contribution in [0, 0.1) is 0 Å². The molecule has 0 atom stereocenters. The van der Waals surface area contributed by atoms with E-state index in [1.807, 2.05) is 18.2 Å². The van der Waals surface area contributed by atoms with Crippen LogP contribution < -0.4 is 0 Å². The lowest BCUT2D eigenvalue weighted by atomic mass is 9.87. The Morgan fingerprint density at radius 2 is 0.860 bits per heavy atom. The summed E-state index contributed by atoms with van der Waals surface area (Å²) in [6, 6.07) is 71.1. The maximum Gasteiger partial charge on any atom is 0.165 e. The van der Waals surface area contributed by atoms with Crippen LogP contribution in [0.25, 0.3) is 109 Å². The van der Waals surface area contributed by atoms with Gasteiger partial charge in [0, 0.05) is 36.9 Å². The van der Waals surface area contributed by atoms with Gasteiger partial charge in [0.2, 0.25) is 0 Å². The SMILES string of the molecule is c1ccc(-c2cccc(-c3ccc(-c4ccc5ccccc5c4-c4nc(-c5ccccc5)nc(-c5cccc6c5sc5ccccc56)n4)c4ccccc34)c2)cc1. The van der Waals surface area contributed by atoms with Crippen molar-refractivity contribution in [3.05, 3.63) is 200 Å². The highest BCUT2D eigenvalue weighted by atomic mass is 32.1. The second-order valence-corrected chi connectivity index (χ2v) is 15.4. The van der Waals surface area contributed by atoms with Gasteiger partial charge in [-0.1, -0.05) is 182 Å². The Hall–Kier alpha value is -7.27. The largest absolute Gasteiger partial charge is 0.208 e. The quantitative estimate of drug-likeness (QED) is 0.170. The summed E-state index contributed by atoms with van der Waals surface area (Å²) in [6.07, 6.45) is 0. The van der Waals surface area contributed by atoms with Gasteiger partial charge in [0.25, 0.3) is 0 Å². The molecule has 9 aromatic carbocycles. The molecule has 4 heteroatoms. The molecule has 0 aliphatic heterocycles. The van der Waals surface area contributed by atoms with Gasteiger partial charge in [-0.15, -0.1) is 11.3 Å². The zero-order valence-corrected chi connectivity index (χ0v) is 31.6. The van der Waals surface area contributed by atoms with E-state index >= 15 is 0 Å². The summed E-state index contributed by atoms with van der Waals surface area (Å²) in [4.78, 5) is 16.0. The number of nitrogens with zero attached hydrogens (tertiary/aromatic N) is 3. The fraction of sp³-hybridized carbons (Fsp3) is 0. The molecule has 0 amide bonds. The van der Waals surface area contributed by atoms with Gasteiger partial charge in [-0.25, -0.2) is 15.0 Å². The molecule has 0 fully saturated rings. The minimum absolute atomic E-state index is 0.645. The number of hydrogen-bond acceptors (Lipinski definition) is 4. The zero-order valence-electron chi connectivity index (χ0n) is 30.8. The monoisotopic (exact) mass is 743 g/mol. The first kappa shape index (κ1) is 33.1. The summed E-state index contributed by atoms with van der Waals surface area (Å²) in [7, 11) is 0. The molecule has 0 N–H and O–H groups in total. The van der Waals surface area contributed by atoms with Crippen LogP contribution in [-0.2, 0) is 0 Å². The second kappa shape index (κ2) is 13.8. The highest BCUT2D eigenvalue weighted by Gasteiger charge is 2.22. The van der Waals surface area contributed by atoms with Gasteiger partial charge in [0.1, 0.15) is 0 Å². The van der Waals surface area contributed by atoms with E-state index < -0.39 is 0 Å². The first-order valence-corrected chi connectivity index (χ1v) is 20.0. The molecule has 0 bridgehead atoms. The Balaban J connectivity index is 1.16. The van der Waals surface area contributed by atoms with Crippen molar-refractivity contribution in [1.82, 2.24) is 15.0 Å². The summed E-state index contributed by atoms with van der Waals surface area (Å²) in [5, 5.41) is 7.04. The van der Waals surface area contributed by atoms with Crippen molar-refractivity contribution < 1.29 is 0 Å². The van der Waals surface area contributed by atoms with Crippen molar-refractivity contribution in [3.8, 4) is 67.5 Å². The summed E-state index contributed by atoms with van der Waals surface area (Å²) in [6.45, 7) is 0. The highest BCUT2D eigenvalue weighted by molar-refractivity contribution is 7.26. The molecule has 11 rings (SSSR count). The first-order valence-electron chi connectivity index (χ1n) is 19.2. The van der Waals surface area contributed by atoms with Crippen molar-refractivity contribution in [2.75, 3.05) is 0 Å². The number of aromatic nitrogens is 3. The average molecular weight is 744 g/mol. The van der Waals surface area contributed by atoms with E-state index in [1.54, 1.807) is 11.3 Å². The van der Waals surface area contributed by atoms with E-state index in [-0.39, 0.29) is 0 Å². The molecule has 3 nitrogen and oxygen atoms in total. The molecule has 2 aromatic heterocycles. The van der Waals surface area contributed by atoms with Crippen LogP contribution in [0.5, 0.6) is 0 Å². The lowest BCUT2D eigenvalue weighted by Crippen LogP contribution is -2.02. The smallest absolute Gasteiger partial charge is 0.165 e. The predicted octanol–water partition coefficient (Wildman–Crippen LogP) is 14.5. The van der Waals surface area contributed by atoms with E-state index in [1.165, 1.54) is 53.2 Å². The molecule has 0 spiro atoms. The summed E-state index contributed by atoms with van der Waals surface area (Å²) < 4.78 is 2.42. The number of hydrogen-bond donors (Lipinski definition) is 0. The van der Waals surface area contributed by atoms with Gasteiger partial charge in [-0.3, -0.25) is 0 Å². The van der Waals surface area contributed by atoms with Crippen LogP contribution in [0.1, 0.15) is 0 Å². The maximum atomic E-state index is 5.42. The third-order valence-corrected chi connectivity index (χ3v) is 12.2. The number of rotatable bonds is 6. The first-order chi connectivity index (χ1) is 28.3. The van der Waals surface area contributed by atoms with Crippen LogP contribution >= 0.6 is 11.3 Å². The van der Waals surface area contributed by atoms with Crippen LogP contribution in [0.3, 0.4) is 0 Å². The topological polar surface area (TPSA) is 38.7 Å². The van der Waals surface area contributed by atoms with Gasteiger partial charge in [0.15, 0.2) is 17.5 Å². The molecule has 57 heavy (non-hydrogen) atoms. The molecule has 0 radical (unpaired) electrons.